The number of likely N-dealkylation sites (N-methyl/N-ethyl adjacent to an activating group) is 1. The number of hydrogen-bond donors (Lipinski definition) is 1. The Balaban J connectivity index is 1.97. The summed E-state index contributed by atoms with van der Waals surface area (Å²) in [4.78, 5) is 30.2. The lowest BCUT2D eigenvalue weighted by Crippen LogP contribution is -2.62. The van der Waals surface area contributed by atoms with Gasteiger partial charge in [0.05, 0.1) is 16.9 Å². The molecule has 0 bridgehead atoms. The van der Waals surface area contributed by atoms with Crippen LogP contribution in [-0.2, 0) is 10.5 Å². The number of para-hydroxylation sites is 1. The minimum Gasteiger partial charge on any atom is -0.350 e. The van der Waals surface area contributed by atoms with Gasteiger partial charge in [0.25, 0.3) is 11.8 Å². The molecule has 2 amide bonds. The van der Waals surface area contributed by atoms with Crippen molar-refractivity contribution in [3.8, 4) is 0 Å². The molecule has 0 radical (unpaired) electrons. The monoisotopic (exact) mass is 369 g/mol. The van der Waals surface area contributed by atoms with Gasteiger partial charge in [-0.25, -0.2) is 0 Å². The second-order valence-electron chi connectivity index (χ2n) is 6.55. The van der Waals surface area contributed by atoms with Gasteiger partial charge in [0.2, 0.25) is 5.66 Å². The number of amides is 2. The molecular weight excluding hydrogens is 350 g/mol. The van der Waals surface area contributed by atoms with Crippen molar-refractivity contribution in [3.05, 3.63) is 58.6 Å². The Labute approximate surface area is 157 Å². The van der Waals surface area contributed by atoms with Crippen molar-refractivity contribution in [3.63, 3.8) is 0 Å². The fourth-order valence-corrected chi connectivity index (χ4v) is 4.18. The zero-order valence-electron chi connectivity index (χ0n) is 14.8. The first-order valence-electron chi connectivity index (χ1n) is 8.85. The predicted octanol–water partition coefficient (Wildman–Crippen LogP) is 3.84. The maximum atomic E-state index is 13.6. The van der Waals surface area contributed by atoms with E-state index < -0.39 is 5.66 Å². The van der Waals surface area contributed by atoms with E-state index in [2.05, 4.69) is 5.32 Å². The van der Waals surface area contributed by atoms with Gasteiger partial charge < -0.3 is 15.1 Å². The third-order valence-corrected chi connectivity index (χ3v) is 5.32. The zero-order chi connectivity index (χ0) is 18.5. The molecule has 5 nitrogen and oxygen atoms in total. The van der Waals surface area contributed by atoms with Gasteiger partial charge in [-0.1, -0.05) is 36.7 Å². The first kappa shape index (κ1) is 16.9. The van der Waals surface area contributed by atoms with Crippen LogP contribution in [0.25, 0.3) is 0 Å². The van der Waals surface area contributed by atoms with E-state index in [0.29, 0.717) is 29.4 Å². The first-order valence-corrected chi connectivity index (χ1v) is 9.23. The molecule has 2 aromatic rings. The molecule has 1 unspecified atom stereocenters. The van der Waals surface area contributed by atoms with Crippen LogP contribution < -0.4 is 10.2 Å². The van der Waals surface area contributed by atoms with Crippen molar-refractivity contribution in [1.82, 2.24) is 4.90 Å². The van der Waals surface area contributed by atoms with Gasteiger partial charge in [-0.3, -0.25) is 9.59 Å². The highest BCUT2D eigenvalue weighted by molar-refractivity contribution is 6.31. The van der Waals surface area contributed by atoms with E-state index in [-0.39, 0.29) is 11.8 Å². The Hall–Kier alpha value is -2.53. The molecule has 4 rings (SSSR count). The van der Waals surface area contributed by atoms with Gasteiger partial charge in [-0.15, -0.1) is 0 Å². The summed E-state index contributed by atoms with van der Waals surface area (Å²) in [7, 11) is 0. The van der Waals surface area contributed by atoms with E-state index in [1.54, 1.807) is 28.0 Å². The molecular formula is C20H20ClN3O2. The van der Waals surface area contributed by atoms with Crippen molar-refractivity contribution in [1.29, 1.82) is 0 Å². The lowest BCUT2D eigenvalue weighted by atomic mass is 9.93. The Bertz CT molecular complexity index is 914. The molecule has 2 aliphatic rings. The summed E-state index contributed by atoms with van der Waals surface area (Å²) in [6.45, 7) is 4.94. The third kappa shape index (κ3) is 2.10. The van der Waals surface area contributed by atoms with Gasteiger partial charge in [-0.2, -0.15) is 0 Å². The fraction of sp³-hybridized carbons (Fsp3) is 0.300. The molecule has 26 heavy (non-hydrogen) atoms. The van der Waals surface area contributed by atoms with E-state index in [1.165, 1.54) is 0 Å². The number of rotatable bonds is 3. The lowest BCUT2D eigenvalue weighted by molar-refractivity contribution is -0.127. The van der Waals surface area contributed by atoms with Crippen LogP contribution in [0.3, 0.4) is 0 Å². The largest absolute Gasteiger partial charge is 0.350 e. The van der Waals surface area contributed by atoms with Crippen molar-refractivity contribution < 1.29 is 9.59 Å². The lowest BCUT2D eigenvalue weighted by Gasteiger charge is -2.44. The molecule has 1 spiro atoms. The molecule has 2 heterocycles. The molecule has 0 saturated carbocycles. The van der Waals surface area contributed by atoms with Gasteiger partial charge >= 0.3 is 0 Å². The minimum absolute atomic E-state index is 0.124. The summed E-state index contributed by atoms with van der Waals surface area (Å²) < 4.78 is 0. The number of carbonyl (C=O) groups is 2. The van der Waals surface area contributed by atoms with E-state index >= 15 is 0 Å². The second kappa shape index (κ2) is 6.02. The zero-order valence-corrected chi connectivity index (χ0v) is 15.5. The molecule has 2 aliphatic heterocycles. The molecule has 0 aromatic heterocycles. The minimum atomic E-state index is -1.23. The van der Waals surface area contributed by atoms with Crippen LogP contribution in [0.1, 0.15) is 36.2 Å². The summed E-state index contributed by atoms with van der Waals surface area (Å²) in [5, 5.41) is 3.89. The van der Waals surface area contributed by atoms with Crippen LogP contribution in [0, 0.1) is 0 Å². The van der Waals surface area contributed by atoms with Gasteiger partial charge in [0.1, 0.15) is 0 Å². The number of benzene rings is 2. The first-order chi connectivity index (χ1) is 12.5. The fourth-order valence-electron chi connectivity index (χ4n) is 4.01. The summed E-state index contributed by atoms with van der Waals surface area (Å²) in [6.07, 6.45) is 0.832. The van der Waals surface area contributed by atoms with Crippen molar-refractivity contribution in [2.75, 3.05) is 23.3 Å². The van der Waals surface area contributed by atoms with Gasteiger partial charge in [-0.05, 0) is 37.6 Å². The Kier molecular flexibility index (Phi) is 3.92. The molecule has 2 aromatic carbocycles. The smallest absolute Gasteiger partial charge is 0.278 e. The van der Waals surface area contributed by atoms with Crippen LogP contribution in [0.15, 0.2) is 42.5 Å². The topological polar surface area (TPSA) is 52.7 Å². The van der Waals surface area contributed by atoms with Crippen molar-refractivity contribution in [2.45, 2.75) is 25.9 Å². The highest BCUT2D eigenvalue weighted by Crippen LogP contribution is 2.48. The molecule has 1 atom stereocenters. The summed E-state index contributed by atoms with van der Waals surface area (Å²) in [5.41, 5.74) is 1.55. The number of carbonyl (C=O) groups excluding carboxylic acids is 2. The average Bonchev–Trinajstić information content (AvgIpc) is 2.86. The maximum Gasteiger partial charge on any atom is 0.278 e. The normalized spacial score (nSPS) is 21.0. The standard InChI is InChI=1S/C20H20ClN3O2/c1-3-11-23-17-8-6-5-7-15(17)20(19(23)26)22-16-12-13(21)9-10-14(16)18(25)24(20)4-2/h5-10,12,22H,3-4,11H2,1-2H3. The number of fused-ring (bicyclic) bond motifs is 3. The molecule has 0 fully saturated rings. The summed E-state index contributed by atoms with van der Waals surface area (Å²) in [5.74, 6) is -0.291. The van der Waals surface area contributed by atoms with Crippen LogP contribution in [0.4, 0.5) is 11.4 Å². The SMILES string of the molecule is CCCN1C(=O)C2(Nc3cc(Cl)ccc3C(=O)N2CC)c2ccccc21. The number of nitrogens with zero attached hydrogens (tertiary/aromatic N) is 2. The quantitative estimate of drug-likeness (QED) is 0.894. The number of anilines is 2. The predicted molar refractivity (Wildman–Crippen MR) is 103 cm³/mol. The van der Waals surface area contributed by atoms with E-state index in [0.717, 1.165) is 17.7 Å². The number of halogens is 1. The van der Waals surface area contributed by atoms with Gasteiger partial charge in [0.15, 0.2) is 0 Å². The van der Waals surface area contributed by atoms with Crippen molar-refractivity contribution in [2.24, 2.45) is 0 Å². The Morgan fingerprint density at radius 1 is 1.12 bits per heavy atom. The van der Waals surface area contributed by atoms with Crippen molar-refractivity contribution >= 4 is 34.8 Å². The van der Waals surface area contributed by atoms with Gasteiger partial charge in [0, 0.05) is 23.7 Å². The number of hydrogen-bond acceptors (Lipinski definition) is 3. The molecule has 134 valence electrons. The van der Waals surface area contributed by atoms with E-state index in [1.807, 2.05) is 38.1 Å². The van der Waals surface area contributed by atoms with Crippen LogP contribution >= 0.6 is 11.6 Å². The highest BCUT2D eigenvalue weighted by atomic mass is 35.5. The third-order valence-electron chi connectivity index (χ3n) is 5.08. The molecule has 1 N–H and O–H groups in total. The van der Waals surface area contributed by atoms with Crippen LogP contribution in [0.5, 0.6) is 0 Å². The summed E-state index contributed by atoms with van der Waals surface area (Å²) >= 11 is 6.14. The van der Waals surface area contributed by atoms with E-state index in [4.69, 9.17) is 11.6 Å². The Morgan fingerprint density at radius 2 is 1.88 bits per heavy atom. The molecule has 0 saturated heterocycles. The van der Waals surface area contributed by atoms with E-state index in [9.17, 15) is 9.59 Å². The summed E-state index contributed by atoms with van der Waals surface area (Å²) in [6, 6.07) is 12.8. The number of nitrogens with one attached hydrogen (secondary N) is 1. The second-order valence-corrected chi connectivity index (χ2v) is 6.99. The van der Waals surface area contributed by atoms with Crippen LogP contribution in [0.2, 0.25) is 5.02 Å². The maximum absolute atomic E-state index is 13.6. The molecule has 0 aliphatic carbocycles. The Morgan fingerprint density at radius 3 is 2.62 bits per heavy atom. The average molecular weight is 370 g/mol. The van der Waals surface area contributed by atoms with Crippen LogP contribution in [-0.4, -0.2) is 29.8 Å². The highest BCUT2D eigenvalue weighted by Gasteiger charge is 2.58. The molecule has 6 heteroatoms.